The van der Waals surface area contributed by atoms with Gasteiger partial charge in [-0.3, -0.25) is 4.90 Å². The number of nitrogens with zero attached hydrogens (tertiary/aromatic N) is 1. The molecule has 1 saturated carbocycles. The van der Waals surface area contributed by atoms with E-state index in [-0.39, 0.29) is 5.54 Å². The van der Waals surface area contributed by atoms with Crippen LogP contribution in [0.5, 0.6) is 0 Å². The normalized spacial score (nSPS) is 18.2. The highest BCUT2D eigenvalue weighted by atomic mass is 32.1. The van der Waals surface area contributed by atoms with Crippen LogP contribution in [0.2, 0.25) is 0 Å². The Hall–Kier alpha value is -0.800. The third-order valence-corrected chi connectivity index (χ3v) is 3.59. The summed E-state index contributed by atoms with van der Waals surface area (Å²) in [6, 6.07) is 7.93. The quantitative estimate of drug-likeness (QED) is 0.708. The molecule has 0 bridgehead atoms. The Kier molecular flexibility index (Phi) is 2.37. The van der Waals surface area contributed by atoms with Crippen LogP contribution in [0.15, 0.2) is 29.2 Å². The smallest absolute Gasteiger partial charge is 0.299 e. The van der Waals surface area contributed by atoms with Crippen molar-refractivity contribution in [2.45, 2.75) is 23.3 Å². The molecular formula is C11H14NOS+. The Morgan fingerprint density at radius 2 is 1.93 bits per heavy atom. The summed E-state index contributed by atoms with van der Waals surface area (Å²) in [4.78, 5) is 3.10. The molecule has 1 aromatic carbocycles. The molecule has 2 nitrogen and oxygen atoms in total. The highest BCUT2D eigenvalue weighted by Crippen LogP contribution is 2.50. The lowest BCUT2D eigenvalue weighted by Gasteiger charge is -2.22. The zero-order valence-electron chi connectivity index (χ0n) is 8.49. The van der Waals surface area contributed by atoms with Gasteiger partial charge < -0.3 is 0 Å². The molecule has 14 heavy (non-hydrogen) atoms. The van der Waals surface area contributed by atoms with Gasteiger partial charge in [-0.2, -0.15) is 0 Å². The topological polar surface area (TPSA) is 20.3 Å². The van der Waals surface area contributed by atoms with Gasteiger partial charge in [-0.25, -0.2) is 0 Å². The fourth-order valence-corrected chi connectivity index (χ4v) is 2.48. The van der Waals surface area contributed by atoms with Gasteiger partial charge in [0.25, 0.3) is 4.90 Å². The van der Waals surface area contributed by atoms with Gasteiger partial charge in [-0.15, -0.1) is 0 Å². The number of hydrogen-bond donors (Lipinski definition) is 0. The van der Waals surface area contributed by atoms with Crippen molar-refractivity contribution in [2.24, 2.45) is 0 Å². The van der Waals surface area contributed by atoms with Crippen molar-refractivity contribution in [3.05, 3.63) is 29.8 Å². The van der Waals surface area contributed by atoms with Gasteiger partial charge in [0.2, 0.25) is 0 Å². The first-order valence-electron chi connectivity index (χ1n) is 4.77. The summed E-state index contributed by atoms with van der Waals surface area (Å²) in [7, 11) is 4.17. The summed E-state index contributed by atoms with van der Waals surface area (Å²) in [5.74, 6) is 0. The number of rotatable bonds is 3. The fraction of sp³-hybridized carbons (Fsp3) is 0.455. The maximum atomic E-state index is 10.9. The SMILES string of the molecule is CN(C)C1(c2ccccc2[S+]=O)CC1. The van der Waals surface area contributed by atoms with Crippen molar-refractivity contribution in [1.29, 1.82) is 0 Å². The Morgan fingerprint density at radius 1 is 1.29 bits per heavy atom. The lowest BCUT2D eigenvalue weighted by molar-refractivity contribution is 0.272. The van der Waals surface area contributed by atoms with Crippen molar-refractivity contribution in [3.63, 3.8) is 0 Å². The lowest BCUT2D eigenvalue weighted by Crippen LogP contribution is -2.28. The molecule has 1 aliphatic rings. The van der Waals surface area contributed by atoms with Gasteiger partial charge in [0.05, 0.1) is 5.54 Å². The van der Waals surface area contributed by atoms with Crippen LogP contribution in [0.25, 0.3) is 0 Å². The van der Waals surface area contributed by atoms with Gasteiger partial charge in [-0.05, 0) is 26.9 Å². The summed E-state index contributed by atoms with van der Waals surface area (Å²) in [6.45, 7) is 0. The Bertz CT molecular complexity index is 358. The molecule has 0 heterocycles. The largest absolute Gasteiger partial charge is 0.505 e. The van der Waals surface area contributed by atoms with Crippen LogP contribution in [0.3, 0.4) is 0 Å². The molecule has 1 aliphatic carbocycles. The van der Waals surface area contributed by atoms with Gasteiger partial charge >= 0.3 is 11.7 Å². The first-order valence-corrected chi connectivity index (χ1v) is 5.51. The molecule has 0 N–H and O–H groups in total. The third kappa shape index (κ3) is 1.37. The maximum Gasteiger partial charge on any atom is 0.505 e. The van der Waals surface area contributed by atoms with Crippen LogP contribution in [-0.2, 0) is 21.4 Å². The van der Waals surface area contributed by atoms with Crippen molar-refractivity contribution in [1.82, 2.24) is 4.90 Å². The van der Waals surface area contributed by atoms with E-state index in [4.69, 9.17) is 0 Å². The molecule has 0 atom stereocenters. The monoisotopic (exact) mass is 208 g/mol. The molecule has 0 saturated heterocycles. The van der Waals surface area contributed by atoms with Crippen molar-refractivity contribution >= 4 is 11.7 Å². The summed E-state index contributed by atoms with van der Waals surface area (Å²) in [5, 5.41) is 0. The third-order valence-electron chi connectivity index (χ3n) is 3.06. The Balaban J connectivity index is 2.46. The average Bonchev–Trinajstić information content (AvgIpc) is 2.98. The number of benzene rings is 1. The second kappa shape index (κ2) is 3.41. The molecule has 0 unspecified atom stereocenters. The fourth-order valence-electron chi connectivity index (χ4n) is 2.00. The van der Waals surface area contributed by atoms with Crippen LogP contribution in [0.4, 0.5) is 0 Å². The minimum Gasteiger partial charge on any atom is -0.299 e. The van der Waals surface area contributed by atoms with E-state index in [0.29, 0.717) is 11.7 Å². The van der Waals surface area contributed by atoms with E-state index in [0.717, 1.165) is 17.7 Å². The molecule has 1 fully saturated rings. The zero-order chi connectivity index (χ0) is 10.2. The van der Waals surface area contributed by atoms with Crippen LogP contribution < -0.4 is 0 Å². The molecule has 1 aromatic rings. The standard InChI is InChI=1S/C11H14NOS/c1-12(2)11(7-8-11)9-5-3-4-6-10(9)14-13/h3-6H,7-8H2,1-2H3/q+1. The van der Waals surface area contributed by atoms with Crippen molar-refractivity contribution < 1.29 is 4.21 Å². The van der Waals surface area contributed by atoms with Crippen molar-refractivity contribution in [2.75, 3.05) is 14.1 Å². The predicted octanol–water partition coefficient (Wildman–Crippen LogP) is 2.02. The summed E-state index contributed by atoms with van der Waals surface area (Å²) < 4.78 is 10.9. The van der Waals surface area contributed by atoms with Crippen LogP contribution in [0, 0.1) is 0 Å². The molecule has 74 valence electrons. The molecule has 2 rings (SSSR count). The summed E-state index contributed by atoms with van der Waals surface area (Å²) >= 11 is 0.603. The van der Waals surface area contributed by atoms with Gasteiger partial charge in [0.1, 0.15) is 0 Å². The Morgan fingerprint density at radius 3 is 2.43 bits per heavy atom. The summed E-state index contributed by atoms with van der Waals surface area (Å²) in [6.07, 6.45) is 2.33. The highest BCUT2D eigenvalue weighted by molar-refractivity contribution is 7.65. The zero-order valence-corrected chi connectivity index (χ0v) is 9.30. The van der Waals surface area contributed by atoms with Crippen LogP contribution in [0.1, 0.15) is 18.4 Å². The van der Waals surface area contributed by atoms with E-state index in [1.54, 1.807) is 0 Å². The molecule has 0 aliphatic heterocycles. The summed E-state index contributed by atoms with van der Waals surface area (Å²) in [5.41, 5.74) is 1.35. The lowest BCUT2D eigenvalue weighted by atomic mass is 10.0. The van der Waals surface area contributed by atoms with E-state index >= 15 is 0 Å². The van der Waals surface area contributed by atoms with Crippen LogP contribution >= 0.6 is 0 Å². The number of hydrogen-bond acceptors (Lipinski definition) is 2. The molecule has 0 amide bonds. The van der Waals surface area contributed by atoms with Crippen LogP contribution in [-0.4, -0.2) is 19.0 Å². The second-order valence-corrected chi connectivity index (χ2v) is 4.61. The van der Waals surface area contributed by atoms with Gasteiger partial charge in [0, 0.05) is 15.8 Å². The minimum absolute atomic E-state index is 0.147. The van der Waals surface area contributed by atoms with Crippen molar-refractivity contribution in [3.8, 4) is 0 Å². The molecule has 0 spiro atoms. The van der Waals surface area contributed by atoms with Gasteiger partial charge in [-0.1, -0.05) is 18.2 Å². The van der Waals surface area contributed by atoms with E-state index in [1.165, 1.54) is 5.56 Å². The van der Waals surface area contributed by atoms with E-state index in [2.05, 4.69) is 25.1 Å². The molecule has 0 radical (unpaired) electrons. The average molecular weight is 208 g/mol. The first-order chi connectivity index (χ1) is 6.70. The van der Waals surface area contributed by atoms with E-state index in [9.17, 15) is 4.21 Å². The molecular weight excluding hydrogens is 194 g/mol. The van der Waals surface area contributed by atoms with E-state index < -0.39 is 0 Å². The molecule has 0 aromatic heterocycles. The Labute approximate surface area is 88.4 Å². The maximum absolute atomic E-state index is 10.9. The second-order valence-electron chi connectivity index (χ2n) is 4.01. The highest BCUT2D eigenvalue weighted by Gasteiger charge is 2.49. The van der Waals surface area contributed by atoms with Gasteiger partial charge in [0.15, 0.2) is 0 Å². The van der Waals surface area contributed by atoms with E-state index in [1.807, 2.05) is 18.2 Å². The first kappa shape index (κ1) is 9.74. The predicted molar refractivity (Wildman–Crippen MR) is 57.4 cm³/mol. The molecule has 3 heteroatoms. The minimum atomic E-state index is 0.147.